The fourth-order valence-electron chi connectivity index (χ4n) is 2.27. The zero-order valence-electron chi connectivity index (χ0n) is 11.1. The minimum atomic E-state index is -3.47. The van der Waals surface area contributed by atoms with E-state index in [0.29, 0.717) is 17.4 Å². The van der Waals surface area contributed by atoms with Gasteiger partial charge < -0.3 is 5.32 Å². The Hall–Kier alpha value is -0.430. The fourth-order valence-corrected chi connectivity index (χ4v) is 4.40. The summed E-state index contributed by atoms with van der Waals surface area (Å²) in [6, 6.07) is 5.26. The Morgan fingerprint density at radius 1 is 1.42 bits per heavy atom. The lowest BCUT2D eigenvalue weighted by Gasteiger charge is -2.30. The number of hydrogen-bond acceptors (Lipinski definition) is 3. The van der Waals surface area contributed by atoms with Crippen LogP contribution in [0.25, 0.3) is 0 Å². The summed E-state index contributed by atoms with van der Waals surface area (Å²) in [4.78, 5) is 0.347. The van der Waals surface area contributed by atoms with Gasteiger partial charge in [0.15, 0.2) is 0 Å². The second-order valence-electron chi connectivity index (χ2n) is 5.11. The molecule has 2 rings (SSSR count). The van der Waals surface area contributed by atoms with Gasteiger partial charge in [-0.05, 0) is 43.5 Å². The first kappa shape index (κ1) is 15.0. The van der Waals surface area contributed by atoms with Gasteiger partial charge in [-0.2, -0.15) is 0 Å². The molecule has 1 aromatic rings. The molecule has 0 radical (unpaired) electrons. The Morgan fingerprint density at radius 2 is 2.16 bits per heavy atom. The molecule has 1 aromatic carbocycles. The molecule has 2 N–H and O–H groups in total. The molecule has 2 unspecified atom stereocenters. The number of benzene rings is 1. The van der Waals surface area contributed by atoms with Gasteiger partial charge in [0, 0.05) is 17.1 Å². The minimum absolute atomic E-state index is 0.0443. The first-order chi connectivity index (χ1) is 8.90. The van der Waals surface area contributed by atoms with Crippen molar-refractivity contribution in [2.75, 3.05) is 13.1 Å². The molecule has 0 bridgehead atoms. The van der Waals surface area contributed by atoms with E-state index in [1.807, 2.05) is 13.0 Å². The maximum Gasteiger partial charge on any atom is 0.241 e. The normalized spacial score (nSPS) is 24.4. The number of hydrogen-bond donors (Lipinski definition) is 2. The highest BCUT2D eigenvalue weighted by molar-refractivity contribution is 9.10. The Balaban J connectivity index is 2.24. The number of sulfonamides is 1. The topological polar surface area (TPSA) is 58.2 Å². The lowest BCUT2D eigenvalue weighted by atomic mass is 9.96. The van der Waals surface area contributed by atoms with Crippen LogP contribution >= 0.6 is 15.9 Å². The lowest BCUT2D eigenvalue weighted by molar-refractivity contribution is 0.327. The summed E-state index contributed by atoms with van der Waals surface area (Å²) in [6.45, 7) is 5.54. The summed E-state index contributed by atoms with van der Waals surface area (Å²) in [5.41, 5.74) is 0.757. The molecular formula is C13H19BrN2O2S. The van der Waals surface area contributed by atoms with Crippen LogP contribution in [0.3, 0.4) is 0 Å². The second kappa shape index (κ2) is 5.91. The van der Waals surface area contributed by atoms with Gasteiger partial charge in [-0.15, -0.1) is 0 Å². The van der Waals surface area contributed by atoms with Crippen molar-refractivity contribution in [2.45, 2.75) is 31.2 Å². The molecule has 1 aliphatic rings. The summed E-state index contributed by atoms with van der Waals surface area (Å²) in [5, 5.41) is 3.23. The second-order valence-corrected chi connectivity index (χ2v) is 7.71. The predicted molar refractivity (Wildman–Crippen MR) is 79.6 cm³/mol. The Bertz CT molecular complexity index is 560. The molecular weight excluding hydrogens is 328 g/mol. The average molecular weight is 347 g/mol. The van der Waals surface area contributed by atoms with Crippen LogP contribution in [0.2, 0.25) is 0 Å². The molecule has 4 nitrogen and oxygen atoms in total. The summed E-state index contributed by atoms with van der Waals surface area (Å²) in [5.74, 6) is 0.350. The zero-order valence-corrected chi connectivity index (χ0v) is 13.5. The van der Waals surface area contributed by atoms with Crippen LogP contribution in [0.1, 0.15) is 18.9 Å². The maximum atomic E-state index is 12.5. The molecule has 0 aliphatic carbocycles. The Morgan fingerprint density at radius 3 is 2.84 bits per heavy atom. The number of halogens is 1. The standard InChI is InChI=1S/C13H19BrN2O2S/c1-9-5-6-15-8-12(9)16-19(17,18)13-7-11(14)4-3-10(13)2/h3-4,7,9,12,15-16H,5-6,8H2,1-2H3. The summed E-state index contributed by atoms with van der Waals surface area (Å²) in [6.07, 6.45) is 0.991. The van der Waals surface area contributed by atoms with Crippen molar-refractivity contribution in [1.82, 2.24) is 10.0 Å². The maximum absolute atomic E-state index is 12.5. The largest absolute Gasteiger partial charge is 0.315 e. The van der Waals surface area contributed by atoms with Gasteiger partial charge in [0.05, 0.1) is 4.90 Å². The van der Waals surface area contributed by atoms with Crippen LogP contribution in [-0.4, -0.2) is 27.5 Å². The van der Waals surface area contributed by atoms with E-state index in [1.54, 1.807) is 12.1 Å². The van der Waals surface area contributed by atoms with Gasteiger partial charge >= 0.3 is 0 Å². The van der Waals surface area contributed by atoms with Crippen molar-refractivity contribution >= 4 is 26.0 Å². The van der Waals surface area contributed by atoms with Gasteiger partial charge in [0.25, 0.3) is 0 Å². The third-order valence-corrected chi connectivity index (χ3v) is 5.70. The van der Waals surface area contributed by atoms with Crippen LogP contribution < -0.4 is 10.0 Å². The first-order valence-electron chi connectivity index (χ1n) is 6.39. The molecule has 0 amide bonds. The minimum Gasteiger partial charge on any atom is -0.315 e. The van der Waals surface area contributed by atoms with E-state index in [0.717, 1.165) is 23.0 Å². The van der Waals surface area contributed by atoms with E-state index in [4.69, 9.17) is 0 Å². The predicted octanol–water partition coefficient (Wildman–Crippen LogP) is 2.03. The van der Waals surface area contributed by atoms with Gasteiger partial charge in [-0.1, -0.05) is 28.9 Å². The highest BCUT2D eigenvalue weighted by atomic mass is 79.9. The summed E-state index contributed by atoms with van der Waals surface area (Å²) >= 11 is 3.32. The fraction of sp³-hybridized carbons (Fsp3) is 0.538. The van der Waals surface area contributed by atoms with Crippen molar-refractivity contribution in [2.24, 2.45) is 5.92 Å². The third kappa shape index (κ3) is 3.56. The van der Waals surface area contributed by atoms with E-state index in [9.17, 15) is 8.42 Å². The van der Waals surface area contributed by atoms with Crippen molar-refractivity contribution in [3.05, 3.63) is 28.2 Å². The van der Waals surface area contributed by atoms with Crippen LogP contribution in [0.5, 0.6) is 0 Å². The molecule has 19 heavy (non-hydrogen) atoms. The van der Waals surface area contributed by atoms with Gasteiger partial charge in [-0.3, -0.25) is 0 Å². The Kier molecular flexibility index (Phi) is 4.66. The van der Waals surface area contributed by atoms with Crippen LogP contribution in [-0.2, 0) is 10.0 Å². The quantitative estimate of drug-likeness (QED) is 0.880. The van der Waals surface area contributed by atoms with Gasteiger partial charge in [0.1, 0.15) is 0 Å². The summed E-state index contributed by atoms with van der Waals surface area (Å²) in [7, 11) is -3.47. The third-order valence-electron chi connectivity index (χ3n) is 3.57. The SMILES string of the molecule is Cc1ccc(Br)cc1S(=O)(=O)NC1CNCCC1C. The van der Waals surface area contributed by atoms with Crippen LogP contribution in [0.15, 0.2) is 27.6 Å². The highest BCUT2D eigenvalue weighted by Gasteiger charge is 2.27. The molecule has 0 spiro atoms. The molecule has 106 valence electrons. The van der Waals surface area contributed by atoms with Crippen molar-refractivity contribution in [1.29, 1.82) is 0 Å². The summed E-state index contributed by atoms with van der Waals surface area (Å²) < 4.78 is 28.5. The molecule has 1 aliphatic heterocycles. The molecule has 1 fully saturated rings. The van der Waals surface area contributed by atoms with E-state index in [1.165, 1.54) is 0 Å². The molecule has 0 saturated carbocycles. The van der Waals surface area contributed by atoms with Crippen molar-refractivity contribution < 1.29 is 8.42 Å². The molecule has 1 saturated heterocycles. The molecule has 2 atom stereocenters. The monoisotopic (exact) mass is 346 g/mol. The van der Waals surface area contributed by atoms with Crippen LogP contribution in [0.4, 0.5) is 0 Å². The van der Waals surface area contributed by atoms with Crippen molar-refractivity contribution in [3.8, 4) is 0 Å². The molecule has 1 heterocycles. The first-order valence-corrected chi connectivity index (χ1v) is 8.67. The number of piperidine rings is 1. The number of aryl methyl sites for hydroxylation is 1. The van der Waals surface area contributed by atoms with Gasteiger partial charge in [-0.25, -0.2) is 13.1 Å². The number of rotatable bonds is 3. The van der Waals surface area contributed by atoms with E-state index in [2.05, 4.69) is 32.9 Å². The van der Waals surface area contributed by atoms with Crippen molar-refractivity contribution in [3.63, 3.8) is 0 Å². The molecule has 0 aromatic heterocycles. The highest BCUT2D eigenvalue weighted by Crippen LogP contribution is 2.22. The Labute approximate surface area is 123 Å². The molecule has 6 heteroatoms. The van der Waals surface area contributed by atoms with Gasteiger partial charge in [0.2, 0.25) is 10.0 Å². The lowest BCUT2D eigenvalue weighted by Crippen LogP contribution is -2.50. The van der Waals surface area contributed by atoms with E-state index < -0.39 is 10.0 Å². The van der Waals surface area contributed by atoms with E-state index >= 15 is 0 Å². The van der Waals surface area contributed by atoms with Crippen LogP contribution in [0, 0.1) is 12.8 Å². The smallest absolute Gasteiger partial charge is 0.241 e. The average Bonchev–Trinajstić information content (AvgIpc) is 2.35. The number of nitrogens with one attached hydrogen (secondary N) is 2. The zero-order chi connectivity index (χ0) is 14.0. The van der Waals surface area contributed by atoms with E-state index in [-0.39, 0.29) is 6.04 Å².